The van der Waals surface area contributed by atoms with Gasteiger partial charge in [0, 0.05) is 25.7 Å². The zero-order valence-electron chi connectivity index (χ0n) is 11.3. The summed E-state index contributed by atoms with van der Waals surface area (Å²) in [4.78, 5) is 14.0. The van der Waals surface area contributed by atoms with Gasteiger partial charge in [-0.1, -0.05) is 6.42 Å². The zero-order chi connectivity index (χ0) is 13.9. The van der Waals surface area contributed by atoms with Gasteiger partial charge in [-0.3, -0.25) is 0 Å². The summed E-state index contributed by atoms with van der Waals surface area (Å²) in [5, 5.41) is 0. The predicted molar refractivity (Wildman–Crippen MR) is 71.7 cm³/mol. The summed E-state index contributed by atoms with van der Waals surface area (Å²) in [6, 6.07) is -0.171. The van der Waals surface area contributed by atoms with Crippen LogP contribution in [-0.4, -0.2) is 54.8 Å². The maximum atomic E-state index is 12.6. The average Bonchev–Trinajstić information content (AvgIpc) is 2.40. The van der Waals surface area contributed by atoms with E-state index in [9.17, 15) is 13.2 Å². The van der Waals surface area contributed by atoms with Crippen LogP contribution in [0.3, 0.4) is 0 Å². The fourth-order valence-corrected chi connectivity index (χ4v) is 4.81. The van der Waals surface area contributed by atoms with Crippen molar-refractivity contribution in [2.75, 3.05) is 19.6 Å². The molecule has 0 aromatic carbocycles. The van der Waals surface area contributed by atoms with Crippen molar-refractivity contribution < 1.29 is 13.2 Å². The topological polar surface area (TPSA) is 70.1 Å². The van der Waals surface area contributed by atoms with Crippen molar-refractivity contribution in [3.05, 3.63) is 0 Å². The summed E-state index contributed by atoms with van der Waals surface area (Å²) in [5.41, 5.74) is 0. The molecule has 2 aliphatic heterocycles. The standard InChI is InChI=1S/C12H21N3O3S/c1-11-5-2-3-8-15(11)19(17,18)14-7-4-6-12(9-14)13-10-16/h11-12H,2-9H2,1H3. The monoisotopic (exact) mass is 287 g/mol. The molecule has 0 amide bonds. The molecule has 0 aromatic rings. The van der Waals surface area contributed by atoms with Crippen LogP contribution in [0.2, 0.25) is 0 Å². The first-order chi connectivity index (χ1) is 9.05. The molecule has 0 N–H and O–H groups in total. The summed E-state index contributed by atoms with van der Waals surface area (Å²) in [5.74, 6) is 0. The summed E-state index contributed by atoms with van der Waals surface area (Å²) < 4.78 is 28.3. The molecule has 108 valence electrons. The van der Waals surface area contributed by atoms with Gasteiger partial charge in [-0.15, -0.1) is 0 Å². The highest BCUT2D eigenvalue weighted by atomic mass is 32.2. The first-order valence-corrected chi connectivity index (χ1v) is 8.29. The third-order valence-electron chi connectivity index (χ3n) is 3.96. The van der Waals surface area contributed by atoms with E-state index in [1.807, 2.05) is 6.92 Å². The Balaban J connectivity index is 2.12. The van der Waals surface area contributed by atoms with E-state index in [2.05, 4.69) is 4.99 Å². The van der Waals surface area contributed by atoms with Crippen LogP contribution in [-0.2, 0) is 15.0 Å². The third-order valence-corrected chi connectivity index (χ3v) is 6.08. The van der Waals surface area contributed by atoms with Crippen LogP contribution < -0.4 is 0 Å². The quantitative estimate of drug-likeness (QED) is 0.572. The van der Waals surface area contributed by atoms with Gasteiger partial charge in [-0.2, -0.15) is 17.0 Å². The van der Waals surface area contributed by atoms with Crippen molar-refractivity contribution in [2.24, 2.45) is 4.99 Å². The predicted octanol–water partition coefficient (Wildman–Crippen LogP) is 0.906. The van der Waals surface area contributed by atoms with Gasteiger partial charge in [-0.05, 0) is 32.6 Å². The second-order valence-electron chi connectivity index (χ2n) is 5.34. The maximum absolute atomic E-state index is 12.6. The van der Waals surface area contributed by atoms with Crippen molar-refractivity contribution in [3.8, 4) is 0 Å². The van der Waals surface area contributed by atoms with Gasteiger partial charge in [0.25, 0.3) is 10.2 Å². The summed E-state index contributed by atoms with van der Waals surface area (Å²) in [7, 11) is -3.41. The minimum Gasteiger partial charge on any atom is -0.211 e. The van der Waals surface area contributed by atoms with Crippen molar-refractivity contribution >= 4 is 16.3 Å². The maximum Gasteiger partial charge on any atom is 0.282 e. The molecular weight excluding hydrogens is 266 g/mol. The fraction of sp³-hybridized carbons (Fsp3) is 0.917. The Morgan fingerprint density at radius 2 is 1.95 bits per heavy atom. The minimum absolute atomic E-state index is 0.0636. The van der Waals surface area contributed by atoms with Crippen LogP contribution in [0.5, 0.6) is 0 Å². The Morgan fingerprint density at radius 1 is 1.16 bits per heavy atom. The largest absolute Gasteiger partial charge is 0.282 e. The first kappa shape index (κ1) is 14.7. The second kappa shape index (κ2) is 6.13. The van der Waals surface area contributed by atoms with E-state index in [1.165, 1.54) is 10.4 Å². The average molecular weight is 287 g/mol. The molecule has 0 aromatic heterocycles. The van der Waals surface area contributed by atoms with Gasteiger partial charge in [0.1, 0.15) is 0 Å². The molecule has 7 heteroatoms. The van der Waals surface area contributed by atoms with Crippen LogP contribution in [0.1, 0.15) is 39.0 Å². The normalized spacial score (nSPS) is 30.8. The molecule has 0 saturated carbocycles. The lowest BCUT2D eigenvalue weighted by molar-refractivity contribution is 0.229. The van der Waals surface area contributed by atoms with Crippen LogP contribution in [0, 0.1) is 0 Å². The van der Waals surface area contributed by atoms with Crippen molar-refractivity contribution in [3.63, 3.8) is 0 Å². The molecule has 2 saturated heterocycles. The fourth-order valence-electron chi connectivity index (χ4n) is 2.87. The van der Waals surface area contributed by atoms with Crippen molar-refractivity contribution in [2.45, 2.75) is 51.1 Å². The number of isocyanates is 1. The molecule has 2 unspecified atom stereocenters. The second-order valence-corrected chi connectivity index (χ2v) is 7.22. The minimum atomic E-state index is -3.41. The third kappa shape index (κ3) is 3.23. The number of hydrogen-bond donors (Lipinski definition) is 0. The van der Waals surface area contributed by atoms with E-state index < -0.39 is 10.2 Å². The number of hydrogen-bond acceptors (Lipinski definition) is 4. The Bertz CT molecular complexity index is 459. The Labute approximate surface area is 114 Å². The van der Waals surface area contributed by atoms with E-state index in [0.717, 1.165) is 32.1 Å². The molecular formula is C12H21N3O3S. The van der Waals surface area contributed by atoms with Gasteiger partial charge in [-0.25, -0.2) is 9.79 Å². The van der Waals surface area contributed by atoms with E-state index in [0.29, 0.717) is 19.6 Å². The highest BCUT2D eigenvalue weighted by molar-refractivity contribution is 7.86. The molecule has 2 aliphatic rings. The lowest BCUT2D eigenvalue weighted by Crippen LogP contribution is -2.52. The number of aliphatic imine (C=N–C) groups is 1. The summed E-state index contributed by atoms with van der Waals surface area (Å²) >= 11 is 0. The molecule has 0 bridgehead atoms. The summed E-state index contributed by atoms with van der Waals surface area (Å²) in [6.45, 7) is 3.39. The van der Waals surface area contributed by atoms with Crippen molar-refractivity contribution in [1.29, 1.82) is 0 Å². The number of nitrogens with zero attached hydrogens (tertiary/aromatic N) is 3. The summed E-state index contributed by atoms with van der Waals surface area (Å²) in [6.07, 6.45) is 5.98. The lowest BCUT2D eigenvalue weighted by atomic mass is 10.1. The molecule has 2 heterocycles. The Kier molecular flexibility index (Phi) is 4.73. The number of piperidine rings is 2. The molecule has 2 rings (SSSR count). The highest BCUT2D eigenvalue weighted by Gasteiger charge is 2.36. The van der Waals surface area contributed by atoms with Crippen molar-refractivity contribution in [1.82, 2.24) is 8.61 Å². The van der Waals surface area contributed by atoms with E-state index in [-0.39, 0.29) is 12.1 Å². The molecule has 6 nitrogen and oxygen atoms in total. The van der Waals surface area contributed by atoms with Gasteiger partial charge in [0.2, 0.25) is 6.08 Å². The number of carbonyl (C=O) groups excluding carboxylic acids is 1. The van der Waals surface area contributed by atoms with Crippen LogP contribution in [0.15, 0.2) is 4.99 Å². The molecule has 0 spiro atoms. The highest BCUT2D eigenvalue weighted by Crippen LogP contribution is 2.25. The van der Waals surface area contributed by atoms with Gasteiger partial charge < -0.3 is 0 Å². The van der Waals surface area contributed by atoms with Crippen LogP contribution >= 0.6 is 0 Å². The SMILES string of the molecule is CC1CCCCN1S(=O)(=O)N1CCCC(N=C=O)C1. The van der Waals surface area contributed by atoms with E-state index in [4.69, 9.17) is 0 Å². The molecule has 2 fully saturated rings. The van der Waals surface area contributed by atoms with Crippen LogP contribution in [0.25, 0.3) is 0 Å². The Hall–Kier alpha value is -0.750. The molecule has 19 heavy (non-hydrogen) atoms. The van der Waals surface area contributed by atoms with E-state index >= 15 is 0 Å². The zero-order valence-corrected chi connectivity index (χ0v) is 12.1. The molecule has 2 atom stereocenters. The molecule has 0 aliphatic carbocycles. The number of rotatable bonds is 3. The molecule has 0 radical (unpaired) electrons. The van der Waals surface area contributed by atoms with Gasteiger partial charge >= 0.3 is 0 Å². The van der Waals surface area contributed by atoms with E-state index in [1.54, 1.807) is 4.31 Å². The lowest BCUT2D eigenvalue weighted by Gasteiger charge is -2.38. The van der Waals surface area contributed by atoms with Gasteiger partial charge in [0.05, 0.1) is 6.04 Å². The van der Waals surface area contributed by atoms with Crippen LogP contribution in [0.4, 0.5) is 0 Å². The first-order valence-electron chi connectivity index (χ1n) is 6.89. The Morgan fingerprint density at radius 3 is 2.63 bits per heavy atom. The smallest absolute Gasteiger partial charge is 0.211 e. The van der Waals surface area contributed by atoms with Gasteiger partial charge in [0.15, 0.2) is 0 Å².